The highest BCUT2D eigenvalue weighted by molar-refractivity contribution is 5.27. The standard InChI is InChI=1S/C15H18F3N3O2/c1-4-10(11-7-12(23-21-11)13(2,3)22)14(8-19,9-20)5-6-15(16,17)18/h7,10,22H,4-6H2,1-3H3. The Morgan fingerprint density at radius 1 is 1.26 bits per heavy atom. The third kappa shape index (κ3) is 4.46. The first kappa shape index (κ1) is 19.0. The fourth-order valence-electron chi connectivity index (χ4n) is 2.36. The summed E-state index contributed by atoms with van der Waals surface area (Å²) in [6, 6.07) is 4.84. The first-order valence-corrected chi connectivity index (χ1v) is 7.08. The van der Waals surface area contributed by atoms with Crippen molar-refractivity contribution in [3.63, 3.8) is 0 Å². The molecule has 0 amide bonds. The van der Waals surface area contributed by atoms with Gasteiger partial charge in [-0.3, -0.25) is 0 Å². The van der Waals surface area contributed by atoms with E-state index in [1.165, 1.54) is 19.9 Å². The van der Waals surface area contributed by atoms with Crippen LogP contribution in [0.3, 0.4) is 0 Å². The Labute approximate surface area is 132 Å². The van der Waals surface area contributed by atoms with Crippen LogP contribution in [0.5, 0.6) is 0 Å². The third-order valence-corrected chi connectivity index (χ3v) is 3.69. The summed E-state index contributed by atoms with van der Waals surface area (Å²) in [5.74, 6) is -0.730. The molecule has 0 saturated carbocycles. The van der Waals surface area contributed by atoms with Crippen LogP contribution in [0, 0.1) is 28.1 Å². The molecule has 1 unspecified atom stereocenters. The van der Waals surface area contributed by atoms with Crippen LogP contribution in [-0.4, -0.2) is 16.4 Å². The molecule has 5 nitrogen and oxygen atoms in total. The van der Waals surface area contributed by atoms with Gasteiger partial charge >= 0.3 is 6.18 Å². The minimum Gasteiger partial charge on any atom is -0.382 e. The molecule has 1 rings (SSSR count). The monoisotopic (exact) mass is 329 g/mol. The van der Waals surface area contributed by atoms with Crippen molar-refractivity contribution in [1.29, 1.82) is 10.5 Å². The zero-order valence-electron chi connectivity index (χ0n) is 13.1. The van der Waals surface area contributed by atoms with Crippen LogP contribution in [0.1, 0.15) is 57.4 Å². The molecule has 0 spiro atoms. The van der Waals surface area contributed by atoms with Gasteiger partial charge in [-0.15, -0.1) is 0 Å². The Balaban J connectivity index is 3.20. The maximum atomic E-state index is 12.5. The summed E-state index contributed by atoms with van der Waals surface area (Å²) in [7, 11) is 0. The summed E-state index contributed by atoms with van der Waals surface area (Å²) in [6.07, 6.45) is -6.11. The van der Waals surface area contributed by atoms with E-state index in [1.54, 1.807) is 19.1 Å². The molecule has 1 heterocycles. The molecule has 0 fully saturated rings. The smallest absolute Gasteiger partial charge is 0.382 e. The van der Waals surface area contributed by atoms with Gasteiger partial charge in [-0.1, -0.05) is 12.1 Å². The Bertz CT molecular complexity index is 604. The van der Waals surface area contributed by atoms with Gasteiger partial charge in [0.2, 0.25) is 0 Å². The molecule has 23 heavy (non-hydrogen) atoms. The lowest BCUT2D eigenvalue weighted by Crippen LogP contribution is -2.28. The SMILES string of the molecule is CCC(c1cc(C(C)(C)O)on1)C(C#N)(C#N)CCC(F)(F)F. The fraction of sp³-hybridized carbons (Fsp3) is 0.667. The van der Waals surface area contributed by atoms with Crippen molar-refractivity contribution >= 4 is 0 Å². The zero-order valence-corrected chi connectivity index (χ0v) is 13.1. The lowest BCUT2D eigenvalue weighted by molar-refractivity contribution is -0.138. The maximum Gasteiger partial charge on any atom is 0.389 e. The van der Waals surface area contributed by atoms with E-state index in [1.807, 2.05) is 0 Å². The highest BCUT2D eigenvalue weighted by Crippen LogP contribution is 2.43. The number of hydrogen-bond acceptors (Lipinski definition) is 5. The Morgan fingerprint density at radius 2 is 1.83 bits per heavy atom. The first-order valence-electron chi connectivity index (χ1n) is 7.08. The number of hydrogen-bond donors (Lipinski definition) is 1. The van der Waals surface area contributed by atoms with E-state index in [-0.39, 0.29) is 17.9 Å². The van der Waals surface area contributed by atoms with Gasteiger partial charge in [0.25, 0.3) is 0 Å². The van der Waals surface area contributed by atoms with Crippen LogP contribution < -0.4 is 0 Å². The van der Waals surface area contributed by atoms with Crippen LogP contribution >= 0.6 is 0 Å². The molecule has 0 aliphatic heterocycles. The fourth-order valence-corrected chi connectivity index (χ4v) is 2.36. The van der Waals surface area contributed by atoms with E-state index in [0.29, 0.717) is 0 Å². The summed E-state index contributed by atoms with van der Waals surface area (Å²) in [5, 5.41) is 32.3. The van der Waals surface area contributed by atoms with Crippen LogP contribution in [0.25, 0.3) is 0 Å². The van der Waals surface area contributed by atoms with Crippen molar-refractivity contribution in [2.45, 2.75) is 57.7 Å². The van der Waals surface area contributed by atoms with Gasteiger partial charge in [0.05, 0.1) is 17.8 Å². The van der Waals surface area contributed by atoms with Gasteiger partial charge in [0.1, 0.15) is 5.60 Å². The number of rotatable bonds is 6. The molecule has 8 heteroatoms. The first-order chi connectivity index (χ1) is 10.5. The molecule has 1 aromatic heterocycles. The molecule has 0 aliphatic carbocycles. The Morgan fingerprint density at radius 3 is 2.17 bits per heavy atom. The zero-order chi connectivity index (χ0) is 17.9. The molecule has 0 aromatic carbocycles. The Kier molecular flexibility index (Phi) is 5.44. The Hall–Kier alpha value is -2.06. The number of nitriles is 2. The largest absolute Gasteiger partial charge is 0.389 e. The van der Waals surface area contributed by atoms with Crippen molar-refractivity contribution in [3.8, 4) is 12.1 Å². The molecule has 0 radical (unpaired) electrons. The maximum absolute atomic E-state index is 12.5. The van der Waals surface area contributed by atoms with Crippen LogP contribution in [0.4, 0.5) is 13.2 Å². The predicted octanol–water partition coefficient (Wildman–Crippen LogP) is 3.77. The number of aromatic nitrogens is 1. The van der Waals surface area contributed by atoms with E-state index >= 15 is 0 Å². The molecule has 1 N–H and O–H groups in total. The second-order valence-corrected chi connectivity index (χ2v) is 5.95. The quantitative estimate of drug-likeness (QED) is 0.857. The molecule has 0 saturated heterocycles. The summed E-state index contributed by atoms with van der Waals surface area (Å²) in [4.78, 5) is 0. The molecule has 1 atom stereocenters. The second-order valence-electron chi connectivity index (χ2n) is 5.95. The lowest BCUT2D eigenvalue weighted by Gasteiger charge is -2.27. The van der Waals surface area contributed by atoms with Gasteiger partial charge in [0.15, 0.2) is 11.2 Å². The average molecular weight is 329 g/mol. The second kappa shape index (κ2) is 6.59. The van der Waals surface area contributed by atoms with E-state index in [2.05, 4.69) is 5.16 Å². The van der Waals surface area contributed by atoms with Gasteiger partial charge in [0, 0.05) is 18.4 Å². The van der Waals surface area contributed by atoms with E-state index < -0.39 is 36.0 Å². The van der Waals surface area contributed by atoms with E-state index in [4.69, 9.17) is 4.52 Å². The van der Waals surface area contributed by atoms with E-state index in [0.717, 1.165) is 0 Å². The summed E-state index contributed by atoms with van der Waals surface area (Å²) < 4.78 is 42.5. The highest BCUT2D eigenvalue weighted by atomic mass is 19.4. The molecular weight excluding hydrogens is 311 g/mol. The minimum atomic E-state index is -4.46. The number of aliphatic hydroxyl groups is 1. The summed E-state index contributed by atoms with van der Waals surface area (Å²) >= 11 is 0. The average Bonchev–Trinajstić information content (AvgIpc) is 2.92. The predicted molar refractivity (Wildman–Crippen MR) is 73.7 cm³/mol. The van der Waals surface area contributed by atoms with Gasteiger partial charge in [-0.2, -0.15) is 23.7 Å². The lowest BCUT2D eigenvalue weighted by atomic mass is 9.71. The molecule has 0 bridgehead atoms. The molecule has 126 valence electrons. The number of nitrogens with zero attached hydrogens (tertiary/aromatic N) is 3. The van der Waals surface area contributed by atoms with Crippen molar-refractivity contribution in [2.24, 2.45) is 5.41 Å². The van der Waals surface area contributed by atoms with Crippen molar-refractivity contribution in [2.75, 3.05) is 0 Å². The van der Waals surface area contributed by atoms with Gasteiger partial charge < -0.3 is 9.63 Å². The normalized spacial score (nSPS) is 14.1. The molecule has 0 aliphatic rings. The summed E-state index contributed by atoms with van der Waals surface area (Å²) in [5.41, 5.74) is -3.00. The molecular formula is C15H18F3N3O2. The van der Waals surface area contributed by atoms with Crippen molar-refractivity contribution in [1.82, 2.24) is 5.16 Å². The number of halogens is 3. The highest BCUT2D eigenvalue weighted by Gasteiger charge is 2.44. The van der Waals surface area contributed by atoms with Gasteiger partial charge in [-0.05, 0) is 26.7 Å². The van der Waals surface area contributed by atoms with E-state index in [9.17, 15) is 28.8 Å². The summed E-state index contributed by atoms with van der Waals surface area (Å²) in [6.45, 7) is 4.58. The van der Waals surface area contributed by atoms with Crippen LogP contribution in [0.2, 0.25) is 0 Å². The van der Waals surface area contributed by atoms with Crippen LogP contribution in [0.15, 0.2) is 10.6 Å². The topological polar surface area (TPSA) is 93.8 Å². The van der Waals surface area contributed by atoms with Crippen LogP contribution in [-0.2, 0) is 5.60 Å². The third-order valence-electron chi connectivity index (χ3n) is 3.69. The van der Waals surface area contributed by atoms with Crippen molar-refractivity contribution in [3.05, 3.63) is 17.5 Å². The van der Waals surface area contributed by atoms with Crippen molar-refractivity contribution < 1.29 is 22.8 Å². The number of alkyl halides is 3. The van der Waals surface area contributed by atoms with Gasteiger partial charge in [-0.25, -0.2) is 0 Å². The molecule has 1 aromatic rings. The minimum absolute atomic E-state index is 0.117.